The van der Waals surface area contributed by atoms with Gasteiger partial charge in [0.2, 0.25) is 5.91 Å². The molecule has 1 amide bonds. The fourth-order valence-electron chi connectivity index (χ4n) is 3.30. The summed E-state index contributed by atoms with van der Waals surface area (Å²) < 4.78 is 2.19. The average Bonchev–Trinajstić information content (AvgIpc) is 3.01. The first-order chi connectivity index (χ1) is 13.4. The Morgan fingerprint density at radius 1 is 1.14 bits per heavy atom. The quantitative estimate of drug-likeness (QED) is 0.464. The van der Waals surface area contributed by atoms with Crippen LogP contribution in [0.5, 0.6) is 0 Å². The molecule has 0 spiro atoms. The Morgan fingerprint density at radius 3 is 2.68 bits per heavy atom. The van der Waals surface area contributed by atoms with Gasteiger partial charge in [0.1, 0.15) is 6.54 Å². The lowest BCUT2D eigenvalue weighted by molar-refractivity contribution is -0.121. The normalized spacial score (nSPS) is 10.8. The molecule has 28 heavy (non-hydrogen) atoms. The van der Waals surface area contributed by atoms with Crippen LogP contribution in [0.25, 0.3) is 11.4 Å². The maximum atomic E-state index is 12.4. The summed E-state index contributed by atoms with van der Waals surface area (Å²) in [4.78, 5) is 12.4. The molecule has 0 saturated heterocycles. The summed E-state index contributed by atoms with van der Waals surface area (Å²) in [7, 11) is 0. The van der Waals surface area contributed by atoms with E-state index in [2.05, 4.69) is 47.6 Å². The highest BCUT2D eigenvalue weighted by molar-refractivity contribution is 7.71. The molecule has 2 aromatic carbocycles. The van der Waals surface area contributed by atoms with Gasteiger partial charge in [-0.15, -0.1) is 0 Å². The number of aromatic nitrogens is 3. The summed E-state index contributed by atoms with van der Waals surface area (Å²) in [6.45, 7) is 7.05. The zero-order chi connectivity index (χ0) is 20.1. The van der Waals surface area contributed by atoms with Gasteiger partial charge in [-0.1, -0.05) is 47.5 Å². The second-order valence-electron chi connectivity index (χ2n) is 7.19. The maximum Gasteiger partial charge on any atom is 0.240 e. The molecule has 0 radical (unpaired) electrons. The maximum absolute atomic E-state index is 12.4. The van der Waals surface area contributed by atoms with Crippen LogP contribution in [0, 0.1) is 25.5 Å². The van der Waals surface area contributed by atoms with Gasteiger partial charge in [0.15, 0.2) is 10.6 Å². The molecule has 0 atom stereocenters. The predicted molar refractivity (Wildman–Crippen MR) is 115 cm³/mol. The summed E-state index contributed by atoms with van der Waals surface area (Å²) >= 11 is 5.31. The molecular weight excluding hydrogens is 368 g/mol. The minimum atomic E-state index is -0.0629. The summed E-state index contributed by atoms with van der Waals surface area (Å²) in [6, 6.07) is 14.5. The number of benzene rings is 2. The van der Waals surface area contributed by atoms with Crippen LogP contribution >= 0.6 is 12.2 Å². The Balaban J connectivity index is 1.57. The molecule has 0 aliphatic rings. The predicted octanol–water partition coefficient (Wildman–Crippen LogP) is 4.28. The zero-order valence-electron chi connectivity index (χ0n) is 16.6. The van der Waals surface area contributed by atoms with Gasteiger partial charge in [0, 0.05) is 12.1 Å². The number of nitrogens with one attached hydrogen (secondary N) is 2. The molecule has 0 aliphatic carbocycles. The van der Waals surface area contributed by atoms with Crippen molar-refractivity contribution in [3.05, 3.63) is 69.5 Å². The number of hydrogen-bond acceptors (Lipinski definition) is 3. The van der Waals surface area contributed by atoms with Crippen molar-refractivity contribution in [3.63, 3.8) is 0 Å². The van der Waals surface area contributed by atoms with E-state index in [4.69, 9.17) is 12.2 Å². The SMILES string of the molecule is Cc1cccc(-c2n[nH]c(=S)n2CC(=O)NCCCc2ccc(C)cc2C)c1. The fourth-order valence-corrected chi connectivity index (χ4v) is 3.50. The molecule has 2 N–H and O–H groups in total. The van der Waals surface area contributed by atoms with Crippen LogP contribution in [-0.4, -0.2) is 27.2 Å². The van der Waals surface area contributed by atoms with Crippen LogP contribution in [0.4, 0.5) is 0 Å². The smallest absolute Gasteiger partial charge is 0.240 e. The summed E-state index contributed by atoms with van der Waals surface area (Å²) in [5, 5.41) is 10.1. The third-order valence-corrected chi connectivity index (χ3v) is 5.09. The van der Waals surface area contributed by atoms with E-state index in [1.165, 1.54) is 16.7 Å². The number of aromatic amines is 1. The van der Waals surface area contributed by atoms with Gasteiger partial charge in [0.25, 0.3) is 0 Å². The number of nitrogens with zero attached hydrogens (tertiary/aromatic N) is 2. The molecule has 0 aliphatic heterocycles. The van der Waals surface area contributed by atoms with Crippen molar-refractivity contribution in [1.29, 1.82) is 0 Å². The van der Waals surface area contributed by atoms with Crippen LogP contribution in [0.2, 0.25) is 0 Å². The summed E-state index contributed by atoms with van der Waals surface area (Å²) in [6.07, 6.45) is 1.85. The van der Waals surface area contributed by atoms with E-state index in [-0.39, 0.29) is 12.5 Å². The highest BCUT2D eigenvalue weighted by atomic mass is 32.1. The van der Waals surface area contributed by atoms with E-state index in [0.29, 0.717) is 17.1 Å². The number of carbonyl (C=O) groups excluding carboxylic acids is 1. The lowest BCUT2D eigenvalue weighted by Gasteiger charge is -2.10. The zero-order valence-corrected chi connectivity index (χ0v) is 17.4. The fraction of sp³-hybridized carbons (Fsp3) is 0.318. The molecule has 1 aromatic heterocycles. The van der Waals surface area contributed by atoms with Gasteiger partial charge in [-0.25, -0.2) is 0 Å². The number of hydrogen-bond donors (Lipinski definition) is 2. The van der Waals surface area contributed by atoms with E-state index < -0.39 is 0 Å². The Bertz CT molecular complexity index is 1040. The molecule has 0 saturated carbocycles. The lowest BCUT2D eigenvalue weighted by Crippen LogP contribution is -2.29. The van der Waals surface area contributed by atoms with Gasteiger partial charge >= 0.3 is 0 Å². The van der Waals surface area contributed by atoms with E-state index in [9.17, 15) is 4.79 Å². The van der Waals surface area contributed by atoms with Crippen molar-refractivity contribution in [2.75, 3.05) is 6.54 Å². The van der Waals surface area contributed by atoms with Gasteiger partial charge in [-0.2, -0.15) is 5.10 Å². The first kappa shape index (κ1) is 20.0. The van der Waals surface area contributed by atoms with Gasteiger partial charge in [-0.3, -0.25) is 14.5 Å². The first-order valence-electron chi connectivity index (χ1n) is 9.49. The number of rotatable bonds is 7. The Morgan fingerprint density at radius 2 is 1.93 bits per heavy atom. The second kappa shape index (κ2) is 8.97. The largest absolute Gasteiger partial charge is 0.355 e. The average molecular weight is 395 g/mol. The van der Waals surface area contributed by atoms with E-state index in [1.807, 2.05) is 31.2 Å². The van der Waals surface area contributed by atoms with Crippen LogP contribution in [0.1, 0.15) is 28.7 Å². The lowest BCUT2D eigenvalue weighted by atomic mass is 10.0. The minimum Gasteiger partial charge on any atom is -0.355 e. The molecule has 0 fully saturated rings. The molecule has 6 heteroatoms. The highest BCUT2D eigenvalue weighted by Crippen LogP contribution is 2.18. The van der Waals surface area contributed by atoms with Crippen LogP contribution in [0.3, 0.4) is 0 Å². The van der Waals surface area contributed by atoms with Crippen molar-refractivity contribution in [2.45, 2.75) is 40.2 Å². The monoisotopic (exact) mass is 394 g/mol. The van der Waals surface area contributed by atoms with E-state index in [0.717, 1.165) is 24.0 Å². The Hall–Kier alpha value is -2.73. The van der Waals surface area contributed by atoms with Crippen molar-refractivity contribution in [3.8, 4) is 11.4 Å². The third-order valence-electron chi connectivity index (χ3n) is 4.78. The van der Waals surface area contributed by atoms with Crippen LogP contribution in [-0.2, 0) is 17.8 Å². The van der Waals surface area contributed by atoms with Crippen LogP contribution in [0.15, 0.2) is 42.5 Å². The molecule has 146 valence electrons. The number of H-pyrrole nitrogens is 1. The molecule has 5 nitrogen and oxygen atoms in total. The Kier molecular flexibility index (Phi) is 6.41. The second-order valence-corrected chi connectivity index (χ2v) is 7.58. The van der Waals surface area contributed by atoms with Crippen LogP contribution < -0.4 is 5.32 Å². The summed E-state index contributed by atoms with van der Waals surface area (Å²) in [5.41, 5.74) is 5.98. The van der Waals surface area contributed by atoms with Crippen molar-refractivity contribution in [2.24, 2.45) is 0 Å². The van der Waals surface area contributed by atoms with Gasteiger partial charge < -0.3 is 5.32 Å². The highest BCUT2D eigenvalue weighted by Gasteiger charge is 2.12. The summed E-state index contributed by atoms with van der Waals surface area (Å²) in [5.74, 6) is 0.617. The molecule has 3 aromatic rings. The molecule has 3 rings (SSSR count). The molecule has 0 unspecified atom stereocenters. The topological polar surface area (TPSA) is 62.7 Å². The number of carbonyl (C=O) groups is 1. The van der Waals surface area contributed by atoms with Gasteiger partial charge in [0.05, 0.1) is 0 Å². The van der Waals surface area contributed by atoms with E-state index in [1.54, 1.807) is 4.57 Å². The third kappa shape index (κ3) is 4.95. The van der Waals surface area contributed by atoms with E-state index >= 15 is 0 Å². The molecule has 1 heterocycles. The molecule has 0 bridgehead atoms. The Labute approximate surface area is 170 Å². The first-order valence-corrected chi connectivity index (χ1v) is 9.90. The van der Waals surface area contributed by atoms with Crippen molar-refractivity contribution < 1.29 is 4.79 Å². The van der Waals surface area contributed by atoms with Crippen molar-refractivity contribution in [1.82, 2.24) is 20.1 Å². The minimum absolute atomic E-state index is 0.0629. The number of aryl methyl sites for hydroxylation is 4. The van der Waals surface area contributed by atoms with Gasteiger partial charge in [-0.05, 0) is 63.0 Å². The number of amides is 1. The standard InChI is InChI=1S/C22H26N4OS/c1-15-6-4-7-19(13-15)21-24-25-22(28)26(21)14-20(27)23-11-5-8-18-10-9-16(2)12-17(18)3/h4,6-7,9-10,12-13H,5,8,11,14H2,1-3H3,(H,23,27)(H,25,28). The van der Waals surface area contributed by atoms with Crippen molar-refractivity contribution >= 4 is 18.1 Å². The molecular formula is C22H26N4OS.